The van der Waals surface area contributed by atoms with Crippen LogP contribution in [-0.4, -0.2) is 34.9 Å². The van der Waals surface area contributed by atoms with Gasteiger partial charge in [-0.25, -0.2) is 4.79 Å². The highest BCUT2D eigenvalue weighted by atomic mass is 79.9. The summed E-state index contributed by atoms with van der Waals surface area (Å²) in [5.41, 5.74) is 0.901. The molecule has 0 bridgehead atoms. The van der Waals surface area contributed by atoms with E-state index in [-0.39, 0.29) is 5.56 Å². The molecule has 126 valence electrons. The van der Waals surface area contributed by atoms with Gasteiger partial charge in [-0.3, -0.25) is 0 Å². The first kappa shape index (κ1) is 18.5. The summed E-state index contributed by atoms with van der Waals surface area (Å²) >= 11 is 4.76. The topological polar surface area (TPSA) is 52.9 Å². The zero-order valence-corrected chi connectivity index (χ0v) is 16.0. The molecule has 6 heteroatoms. The van der Waals surface area contributed by atoms with E-state index in [0.717, 1.165) is 22.5 Å². The Morgan fingerprint density at radius 1 is 1.08 bits per heavy atom. The quantitative estimate of drug-likeness (QED) is 0.419. The van der Waals surface area contributed by atoms with Crippen LogP contribution in [0.4, 0.5) is 0 Å². The second-order valence-electron chi connectivity index (χ2n) is 4.98. The van der Waals surface area contributed by atoms with Crippen molar-refractivity contribution in [2.75, 3.05) is 13.1 Å². The first-order chi connectivity index (χ1) is 11.6. The first-order valence-corrected chi connectivity index (χ1v) is 9.21. The van der Waals surface area contributed by atoms with Gasteiger partial charge >= 0.3 is 5.97 Å². The maximum absolute atomic E-state index is 11.6. The van der Waals surface area contributed by atoms with Crippen LogP contribution in [-0.2, 0) is 0 Å². The van der Waals surface area contributed by atoms with Gasteiger partial charge in [-0.1, -0.05) is 34.1 Å². The summed E-state index contributed by atoms with van der Waals surface area (Å²) in [5, 5.41) is 9.47. The Kier molecular flexibility index (Phi) is 6.87. The molecular weight excluding hydrogens is 388 g/mol. The molecule has 0 fully saturated rings. The molecule has 24 heavy (non-hydrogen) atoms. The lowest BCUT2D eigenvalue weighted by Crippen LogP contribution is -2.32. The van der Waals surface area contributed by atoms with Crippen molar-refractivity contribution in [1.29, 1.82) is 0 Å². The van der Waals surface area contributed by atoms with Crippen LogP contribution in [0.3, 0.4) is 0 Å². The lowest BCUT2D eigenvalue weighted by Gasteiger charge is -2.24. The Bertz CT molecular complexity index is 728. The summed E-state index contributed by atoms with van der Waals surface area (Å²) in [5.74, 6) is -0.259. The summed E-state index contributed by atoms with van der Waals surface area (Å²) in [6.07, 6.45) is 0. The molecule has 0 aliphatic rings. The van der Waals surface area contributed by atoms with Crippen molar-refractivity contribution >= 4 is 39.7 Å². The Morgan fingerprint density at radius 2 is 1.67 bits per heavy atom. The fraction of sp³-hybridized carbons (Fsp3) is 0.222. The molecule has 0 saturated carbocycles. The number of benzene rings is 2. The Hall–Kier alpha value is -1.79. The highest BCUT2D eigenvalue weighted by Crippen LogP contribution is 2.24. The summed E-state index contributed by atoms with van der Waals surface area (Å²) in [6, 6.07) is 14.9. The van der Waals surface area contributed by atoms with Crippen molar-refractivity contribution in [1.82, 2.24) is 4.90 Å². The van der Waals surface area contributed by atoms with Crippen LogP contribution in [0.1, 0.15) is 29.8 Å². The van der Waals surface area contributed by atoms with Crippen molar-refractivity contribution < 1.29 is 9.90 Å². The third-order valence-corrected chi connectivity index (χ3v) is 4.79. The van der Waals surface area contributed by atoms with E-state index in [2.05, 4.69) is 25.2 Å². The van der Waals surface area contributed by atoms with Gasteiger partial charge in [-0.15, -0.1) is 0 Å². The Morgan fingerprint density at radius 3 is 2.21 bits per heavy atom. The molecule has 2 aromatic carbocycles. The molecule has 4 nitrogen and oxygen atoms in total. The van der Waals surface area contributed by atoms with Crippen LogP contribution in [0, 0.1) is 0 Å². The fourth-order valence-electron chi connectivity index (χ4n) is 2.26. The van der Waals surface area contributed by atoms with E-state index in [1.165, 1.54) is 11.9 Å². The predicted octanol–water partition coefficient (Wildman–Crippen LogP) is 4.94. The van der Waals surface area contributed by atoms with E-state index in [0.29, 0.717) is 11.4 Å². The van der Waals surface area contributed by atoms with Crippen molar-refractivity contribution in [3.05, 3.63) is 64.1 Å². The van der Waals surface area contributed by atoms with Gasteiger partial charge in [0.05, 0.1) is 5.56 Å². The number of rotatable bonds is 6. The summed E-state index contributed by atoms with van der Waals surface area (Å²) < 4.78 is 5.67. The second kappa shape index (κ2) is 8.89. The number of aromatic carboxylic acids is 1. The van der Waals surface area contributed by atoms with Gasteiger partial charge in [0, 0.05) is 40.0 Å². The zero-order valence-electron chi connectivity index (χ0n) is 13.6. The van der Waals surface area contributed by atoms with Crippen molar-refractivity contribution in [3.63, 3.8) is 0 Å². The Labute approximate surface area is 154 Å². The van der Waals surface area contributed by atoms with E-state index < -0.39 is 5.97 Å². The minimum absolute atomic E-state index is 0.263. The van der Waals surface area contributed by atoms with Crippen LogP contribution < -0.4 is 0 Å². The van der Waals surface area contributed by atoms with Gasteiger partial charge in [0.1, 0.15) is 5.84 Å². The average Bonchev–Trinajstić information content (AvgIpc) is 2.60. The molecule has 0 saturated heterocycles. The number of hydrogen-bond acceptors (Lipinski definition) is 3. The molecular formula is C18H19BrN2O2S. The van der Waals surface area contributed by atoms with Crippen LogP contribution in [0.25, 0.3) is 0 Å². The number of halogens is 1. The smallest absolute Gasteiger partial charge is 0.336 e. The maximum atomic E-state index is 11.6. The highest BCUT2D eigenvalue weighted by molar-refractivity contribution is 9.10. The molecule has 0 aliphatic carbocycles. The molecule has 2 aromatic rings. The van der Waals surface area contributed by atoms with Gasteiger partial charge in [-0.05, 0) is 44.2 Å². The van der Waals surface area contributed by atoms with Gasteiger partial charge < -0.3 is 10.0 Å². The van der Waals surface area contributed by atoms with Crippen molar-refractivity contribution in [3.8, 4) is 0 Å². The number of hydrogen-bond donors (Lipinski definition) is 1. The van der Waals surface area contributed by atoms with Crippen molar-refractivity contribution in [2.24, 2.45) is 4.40 Å². The van der Waals surface area contributed by atoms with E-state index in [4.69, 9.17) is 0 Å². The van der Waals surface area contributed by atoms with Crippen LogP contribution >= 0.6 is 27.9 Å². The number of carbonyl (C=O) groups is 1. The van der Waals surface area contributed by atoms with Gasteiger partial charge in [0.15, 0.2) is 0 Å². The largest absolute Gasteiger partial charge is 0.478 e. The summed E-state index contributed by atoms with van der Waals surface area (Å²) in [4.78, 5) is 14.6. The number of carboxylic acid groups (broad SMARTS) is 1. The van der Waals surface area contributed by atoms with Gasteiger partial charge in [0.25, 0.3) is 0 Å². The first-order valence-electron chi connectivity index (χ1n) is 7.65. The fourth-order valence-corrected chi connectivity index (χ4v) is 3.18. The number of amidine groups is 1. The lowest BCUT2D eigenvalue weighted by atomic mass is 10.1. The molecule has 0 atom stereocenters. The monoisotopic (exact) mass is 406 g/mol. The van der Waals surface area contributed by atoms with E-state index in [9.17, 15) is 9.90 Å². The predicted molar refractivity (Wildman–Crippen MR) is 103 cm³/mol. The molecule has 0 aromatic heterocycles. The van der Waals surface area contributed by atoms with E-state index in [1.54, 1.807) is 12.1 Å². The SMILES string of the molecule is CCN(CC)C(=NSc1ccc(Br)cc1)c1ccccc1C(=O)O. The highest BCUT2D eigenvalue weighted by Gasteiger charge is 2.18. The summed E-state index contributed by atoms with van der Waals surface area (Å²) in [7, 11) is 0. The molecule has 0 unspecified atom stereocenters. The molecule has 0 spiro atoms. The second-order valence-corrected chi connectivity index (χ2v) is 6.74. The molecule has 0 heterocycles. The van der Waals surface area contributed by atoms with Crippen LogP contribution in [0.5, 0.6) is 0 Å². The third-order valence-electron chi connectivity index (χ3n) is 3.51. The normalized spacial score (nSPS) is 11.4. The molecule has 2 rings (SSSR count). The Balaban J connectivity index is 2.43. The van der Waals surface area contributed by atoms with Crippen LogP contribution in [0.15, 0.2) is 62.3 Å². The van der Waals surface area contributed by atoms with Gasteiger partial charge in [-0.2, -0.15) is 4.40 Å². The van der Waals surface area contributed by atoms with Crippen LogP contribution in [0.2, 0.25) is 0 Å². The van der Waals surface area contributed by atoms with E-state index in [1.807, 2.05) is 50.2 Å². The average molecular weight is 407 g/mol. The molecule has 1 N–H and O–H groups in total. The molecule has 0 aliphatic heterocycles. The van der Waals surface area contributed by atoms with Gasteiger partial charge in [0.2, 0.25) is 0 Å². The van der Waals surface area contributed by atoms with Crippen molar-refractivity contribution in [2.45, 2.75) is 18.7 Å². The maximum Gasteiger partial charge on any atom is 0.336 e. The summed E-state index contributed by atoms with van der Waals surface area (Å²) in [6.45, 7) is 5.58. The molecule has 0 amide bonds. The molecule has 0 radical (unpaired) electrons. The minimum Gasteiger partial charge on any atom is -0.478 e. The number of nitrogens with zero attached hydrogens (tertiary/aromatic N) is 2. The number of carboxylic acids is 1. The minimum atomic E-state index is -0.945. The lowest BCUT2D eigenvalue weighted by molar-refractivity contribution is 0.0696. The third kappa shape index (κ3) is 4.61. The zero-order chi connectivity index (χ0) is 17.5. The standard InChI is InChI=1S/C18H19BrN2O2S/c1-3-21(4-2)17(15-7-5-6-8-16(15)18(22)23)20-24-14-11-9-13(19)10-12-14/h5-12H,3-4H2,1-2H3,(H,22,23). The van der Waals surface area contributed by atoms with E-state index >= 15 is 0 Å².